The molecule has 0 fully saturated rings. The third kappa shape index (κ3) is 3.32. The largest absolute Gasteiger partial charge is 0.398 e. The van der Waals surface area contributed by atoms with Crippen molar-refractivity contribution in [3.63, 3.8) is 0 Å². The minimum Gasteiger partial charge on any atom is -0.398 e. The molecule has 3 rings (SSSR count). The van der Waals surface area contributed by atoms with E-state index in [1.54, 1.807) is 42.5 Å². The van der Waals surface area contributed by atoms with Crippen LogP contribution in [0.3, 0.4) is 0 Å². The van der Waals surface area contributed by atoms with Gasteiger partial charge in [-0.3, -0.25) is 4.79 Å². The van der Waals surface area contributed by atoms with E-state index in [9.17, 15) is 9.59 Å². The van der Waals surface area contributed by atoms with Gasteiger partial charge in [-0.2, -0.15) is 0 Å². The molecule has 128 valence electrons. The molecule has 2 aromatic rings. The van der Waals surface area contributed by atoms with Crippen molar-refractivity contribution in [2.45, 2.75) is 17.8 Å². The normalized spacial score (nSPS) is 22.8. The predicted molar refractivity (Wildman–Crippen MR) is 102 cm³/mol. The van der Waals surface area contributed by atoms with Gasteiger partial charge in [0, 0.05) is 33.1 Å². The number of rotatable bonds is 3. The van der Waals surface area contributed by atoms with Gasteiger partial charge in [0.25, 0.3) is 0 Å². The van der Waals surface area contributed by atoms with Crippen molar-refractivity contribution < 1.29 is 9.59 Å². The molecule has 0 bridgehead atoms. The summed E-state index contributed by atoms with van der Waals surface area (Å²) in [7, 11) is 0. The number of allylic oxidation sites excluding steroid dienone is 2. The Morgan fingerprint density at radius 2 is 1.72 bits per heavy atom. The molecule has 0 radical (unpaired) electrons. The van der Waals surface area contributed by atoms with E-state index in [-0.39, 0.29) is 12.2 Å². The van der Waals surface area contributed by atoms with Crippen molar-refractivity contribution in [1.82, 2.24) is 0 Å². The molecule has 1 aliphatic carbocycles. The summed E-state index contributed by atoms with van der Waals surface area (Å²) in [6.07, 6.45) is 3.99. The van der Waals surface area contributed by atoms with Crippen LogP contribution in [0.2, 0.25) is 15.1 Å². The average Bonchev–Trinajstić information content (AvgIpc) is 2.54. The fraction of sp³-hybridized carbons (Fsp3) is 0.158. The standard InChI is InChI=1S/C19H14Cl3NO2/c20-12-1-2-16(18(23)8-12)19(10-24)4-3-15(25)9-17(19)11-5-13(21)7-14(22)6-11/h1-8,10,17H,9,23H2/t17?,19-/m0/s1. The van der Waals surface area contributed by atoms with Crippen LogP contribution in [0.15, 0.2) is 48.6 Å². The van der Waals surface area contributed by atoms with E-state index in [0.717, 1.165) is 6.29 Å². The number of nitrogens with two attached hydrogens (primary N) is 1. The Labute approximate surface area is 160 Å². The van der Waals surface area contributed by atoms with Crippen LogP contribution in [0, 0.1) is 0 Å². The van der Waals surface area contributed by atoms with E-state index in [1.165, 1.54) is 6.08 Å². The first-order chi connectivity index (χ1) is 11.9. The van der Waals surface area contributed by atoms with Crippen molar-refractivity contribution in [2.24, 2.45) is 0 Å². The van der Waals surface area contributed by atoms with Crippen LogP contribution in [0.5, 0.6) is 0 Å². The molecule has 2 atom stereocenters. The number of hydrogen-bond acceptors (Lipinski definition) is 3. The molecule has 1 aliphatic rings. The molecule has 0 aliphatic heterocycles. The number of carbonyl (C=O) groups is 2. The first kappa shape index (κ1) is 18.0. The van der Waals surface area contributed by atoms with Gasteiger partial charge in [-0.05, 0) is 47.5 Å². The summed E-state index contributed by atoms with van der Waals surface area (Å²) in [5.74, 6) is -0.548. The van der Waals surface area contributed by atoms with E-state index >= 15 is 0 Å². The minimum absolute atomic E-state index is 0.0777. The summed E-state index contributed by atoms with van der Waals surface area (Å²) in [6.45, 7) is 0. The Balaban J connectivity index is 2.25. The molecule has 0 spiro atoms. The number of hydrogen-bond donors (Lipinski definition) is 1. The number of halogens is 3. The van der Waals surface area contributed by atoms with Crippen LogP contribution in [0.25, 0.3) is 0 Å². The molecule has 6 heteroatoms. The SMILES string of the molecule is Nc1cc(Cl)ccc1[C@@]1(C=O)C=CC(=O)CC1c1cc(Cl)cc(Cl)c1. The Morgan fingerprint density at radius 3 is 2.32 bits per heavy atom. The number of nitrogen functional groups attached to an aromatic ring is 1. The molecule has 0 saturated heterocycles. The number of ketones is 1. The third-order valence-electron chi connectivity index (χ3n) is 4.49. The second-order valence-electron chi connectivity index (χ2n) is 6.04. The second kappa shape index (κ2) is 6.83. The maximum Gasteiger partial charge on any atom is 0.156 e. The van der Waals surface area contributed by atoms with E-state index in [0.29, 0.717) is 31.9 Å². The molecule has 0 aromatic heterocycles. The lowest BCUT2D eigenvalue weighted by atomic mass is 9.64. The first-order valence-electron chi connectivity index (χ1n) is 7.55. The smallest absolute Gasteiger partial charge is 0.156 e. The van der Waals surface area contributed by atoms with Crippen LogP contribution in [-0.2, 0) is 15.0 Å². The molecule has 0 heterocycles. The van der Waals surface area contributed by atoms with Gasteiger partial charge in [-0.1, -0.05) is 46.9 Å². The van der Waals surface area contributed by atoms with Crippen LogP contribution < -0.4 is 5.73 Å². The average molecular weight is 395 g/mol. The molecule has 3 nitrogen and oxygen atoms in total. The zero-order valence-electron chi connectivity index (χ0n) is 13.0. The fourth-order valence-corrected chi connectivity index (χ4v) is 4.07. The van der Waals surface area contributed by atoms with Gasteiger partial charge in [0.15, 0.2) is 5.78 Å². The summed E-state index contributed by atoms with van der Waals surface area (Å²) < 4.78 is 0. The maximum atomic E-state index is 12.3. The molecule has 2 aromatic carbocycles. The number of carbonyl (C=O) groups excluding carboxylic acids is 2. The van der Waals surface area contributed by atoms with E-state index in [2.05, 4.69) is 0 Å². The molecule has 0 saturated carbocycles. The van der Waals surface area contributed by atoms with Crippen LogP contribution in [-0.4, -0.2) is 12.1 Å². The van der Waals surface area contributed by atoms with Crippen molar-refractivity contribution in [3.05, 3.63) is 74.7 Å². The predicted octanol–water partition coefficient (Wildman–Crippen LogP) is 4.98. The van der Waals surface area contributed by atoms with Gasteiger partial charge < -0.3 is 10.5 Å². The fourth-order valence-electron chi connectivity index (χ4n) is 3.35. The number of benzene rings is 2. The summed E-state index contributed by atoms with van der Waals surface area (Å²) in [5, 5.41) is 1.35. The highest BCUT2D eigenvalue weighted by atomic mass is 35.5. The van der Waals surface area contributed by atoms with Gasteiger partial charge in [0.1, 0.15) is 6.29 Å². The Kier molecular flexibility index (Phi) is 4.92. The van der Waals surface area contributed by atoms with Crippen molar-refractivity contribution in [2.75, 3.05) is 5.73 Å². The summed E-state index contributed by atoms with van der Waals surface area (Å²) in [4.78, 5) is 24.3. The Hall–Kier alpha value is -1.81. The molecular formula is C19H14Cl3NO2. The number of aldehydes is 1. The van der Waals surface area contributed by atoms with Gasteiger partial charge >= 0.3 is 0 Å². The zero-order valence-corrected chi connectivity index (χ0v) is 15.3. The van der Waals surface area contributed by atoms with Crippen molar-refractivity contribution >= 4 is 52.6 Å². The number of anilines is 1. The first-order valence-corrected chi connectivity index (χ1v) is 8.69. The van der Waals surface area contributed by atoms with E-state index in [4.69, 9.17) is 40.5 Å². The summed E-state index contributed by atoms with van der Waals surface area (Å²) in [5.41, 5.74) is 6.72. The molecule has 1 unspecified atom stereocenters. The Bertz CT molecular complexity index is 874. The monoisotopic (exact) mass is 393 g/mol. The minimum atomic E-state index is -1.10. The third-order valence-corrected chi connectivity index (χ3v) is 5.16. The molecule has 2 N–H and O–H groups in total. The molecular weight excluding hydrogens is 381 g/mol. The van der Waals surface area contributed by atoms with Crippen LogP contribution >= 0.6 is 34.8 Å². The Morgan fingerprint density at radius 1 is 1.04 bits per heavy atom. The quantitative estimate of drug-likeness (QED) is 0.590. The van der Waals surface area contributed by atoms with Gasteiger partial charge in [0.05, 0.1) is 5.41 Å². The van der Waals surface area contributed by atoms with E-state index in [1.807, 2.05) is 0 Å². The lowest BCUT2D eigenvalue weighted by Crippen LogP contribution is -2.38. The highest BCUT2D eigenvalue weighted by Crippen LogP contribution is 2.47. The summed E-state index contributed by atoms with van der Waals surface area (Å²) >= 11 is 18.2. The summed E-state index contributed by atoms with van der Waals surface area (Å²) in [6, 6.07) is 10.0. The van der Waals surface area contributed by atoms with Gasteiger partial charge in [-0.25, -0.2) is 0 Å². The lowest BCUT2D eigenvalue weighted by Gasteiger charge is -2.37. The highest BCUT2D eigenvalue weighted by Gasteiger charge is 2.44. The van der Waals surface area contributed by atoms with Gasteiger partial charge in [-0.15, -0.1) is 0 Å². The molecule has 0 amide bonds. The lowest BCUT2D eigenvalue weighted by molar-refractivity contribution is -0.117. The maximum absolute atomic E-state index is 12.3. The van der Waals surface area contributed by atoms with Crippen LogP contribution in [0.4, 0.5) is 5.69 Å². The highest BCUT2D eigenvalue weighted by molar-refractivity contribution is 6.34. The van der Waals surface area contributed by atoms with E-state index < -0.39 is 11.3 Å². The molecule has 25 heavy (non-hydrogen) atoms. The zero-order chi connectivity index (χ0) is 18.2. The van der Waals surface area contributed by atoms with Gasteiger partial charge in [0.2, 0.25) is 0 Å². The topological polar surface area (TPSA) is 60.2 Å². The second-order valence-corrected chi connectivity index (χ2v) is 7.35. The van der Waals surface area contributed by atoms with Crippen LogP contribution in [0.1, 0.15) is 23.5 Å². The van der Waals surface area contributed by atoms with Crippen molar-refractivity contribution in [3.8, 4) is 0 Å². The van der Waals surface area contributed by atoms with Crippen molar-refractivity contribution in [1.29, 1.82) is 0 Å².